The van der Waals surface area contributed by atoms with E-state index < -0.39 is 10.2 Å². The van der Waals surface area contributed by atoms with E-state index in [0.717, 1.165) is 0 Å². The summed E-state index contributed by atoms with van der Waals surface area (Å²) in [5.74, 6) is 0.255. The number of rotatable bonds is 1. The second-order valence-corrected chi connectivity index (χ2v) is 1.50. The van der Waals surface area contributed by atoms with Crippen LogP contribution in [0.3, 0.4) is 0 Å². The summed E-state index contributed by atoms with van der Waals surface area (Å²) in [4.78, 5) is 26.3. The summed E-state index contributed by atoms with van der Waals surface area (Å²) >= 11 is 0. The van der Waals surface area contributed by atoms with Gasteiger partial charge in [-0.2, -0.15) is 0 Å². The van der Waals surface area contributed by atoms with Crippen molar-refractivity contribution >= 4 is 5.78 Å². The zero-order valence-electron chi connectivity index (χ0n) is 8.96. The molecule has 0 saturated carbocycles. The fraction of sp³-hybridized carbons (Fsp3) is 0.750. The van der Waals surface area contributed by atoms with E-state index in [1.165, 1.54) is 0 Å². The SMILES string of the molecule is CCC(C)=O.O=[N+]([O-])[O-].O=[N+]([O-])[O-].[Cs+].[K+]. The van der Waals surface area contributed by atoms with Crippen molar-refractivity contribution in [3.63, 3.8) is 0 Å². The van der Waals surface area contributed by atoms with E-state index in [1.54, 1.807) is 6.92 Å². The maximum absolute atomic E-state index is 9.81. The second kappa shape index (κ2) is 24.8. The molecule has 0 aromatic rings. The molecule has 11 heteroatoms. The Bertz CT molecular complexity index is 158. The Morgan fingerprint density at radius 3 is 1.13 bits per heavy atom. The summed E-state index contributed by atoms with van der Waals surface area (Å²) in [5, 5.41) is 29.5. The van der Waals surface area contributed by atoms with Gasteiger partial charge in [0.1, 0.15) is 5.78 Å². The average molecular weight is 368 g/mol. The van der Waals surface area contributed by atoms with Crippen molar-refractivity contribution in [3.05, 3.63) is 30.6 Å². The van der Waals surface area contributed by atoms with Crippen LogP contribution in [0.15, 0.2) is 0 Å². The van der Waals surface area contributed by atoms with E-state index in [2.05, 4.69) is 0 Å². The van der Waals surface area contributed by atoms with Crippen LogP contribution in [0.1, 0.15) is 20.3 Å². The largest absolute Gasteiger partial charge is 1.00 e. The van der Waals surface area contributed by atoms with Gasteiger partial charge in [0, 0.05) is 6.42 Å². The number of nitrogens with zero attached hydrogens (tertiary/aromatic N) is 2. The van der Waals surface area contributed by atoms with Crippen LogP contribution in [-0.2, 0) is 4.79 Å². The maximum Gasteiger partial charge on any atom is 1.00 e. The quantitative estimate of drug-likeness (QED) is 0.255. The third-order valence-corrected chi connectivity index (χ3v) is 0.498. The van der Waals surface area contributed by atoms with Gasteiger partial charge in [-0.3, -0.25) is 0 Å². The van der Waals surface area contributed by atoms with E-state index in [0.29, 0.717) is 6.42 Å². The average Bonchev–Trinajstić information content (AvgIpc) is 1.84. The van der Waals surface area contributed by atoms with Gasteiger partial charge in [-0.1, -0.05) is 6.92 Å². The van der Waals surface area contributed by atoms with Crippen molar-refractivity contribution in [3.8, 4) is 0 Å². The molecule has 0 aromatic heterocycles. The molecule has 78 valence electrons. The number of ketones is 1. The monoisotopic (exact) mass is 368 g/mol. The topological polar surface area (TPSA) is 149 Å². The van der Waals surface area contributed by atoms with Crippen LogP contribution in [0.4, 0.5) is 0 Å². The molecule has 0 unspecified atom stereocenters. The molecule has 0 spiro atoms. The second-order valence-electron chi connectivity index (χ2n) is 1.50. The minimum atomic E-state index is -1.75. The standard InChI is InChI=1S/C4H8O.Cs.K.2NO3/c1-3-4(2)5;;;2*2-1(3)4/h3H2,1-2H3;;;;/q;2*+1;2*-1. The smallest absolute Gasteiger partial charge is 0.356 e. The molecule has 0 aromatic carbocycles. The van der Waals surface area contributed by atoms with Crippen LogP contribution in [0.25, 0.3) is 0 Å². The van der Waals surface area contributed by atoms with E-state index in [1.807, 2.05) is 6.92 Å². The van der Waals surface area contributed by atoms with Crippen molar-refractivity contribution < 1.29 is 135 Å². The molecule has 0 radical (unpaired) electrons. The molecular formula is C4H8CsKN2O7. The fourth-order valence-electron chi connectivity index (χ4n) is 0. The van der Waals surface area contributed by atoms with Gasteiger partial charge < -0.3 is 35.4 Å². The summed E-state index contributed by atoms with van der Waals surface area (Å²) in [6, 6.07) is 0. The molecule has 0 fully saturated rings. The predicted molar refractivity (Wildman–Crippen MR) is 41.7 cm³/mol. The molecular weight excluding hydrogens is 360 g/mol. The van der Waals surface area contributed by atoms with Gasteiger partial charge in [0.15, 0.2) is 0 Å². The van der Waals surface area contributed by atoms with Gasteiger partial charge >= 0.3 is 120 Å². The molecule has 0 atom stereocenters. The maximum atomic E-state index is 9.81. The summed E-state index contributed by atoms with van der Waals surface area (Å²) in [6.45, 7) is 3.43. The Balaban J connectivity index is -0.0000000315. The first kappa shape index (κ1) is 30.1. The van der Waals surface area contributed by atoms with Gasteiger partial charge in [0.05, 0.1) is 10.2 Å². The first-order valence-electron chi connectivity index (χ1n) is 2.86. The van der Waals surface area contributed by atoms with Crippen LogP contribution in [-0.4, -0.2) is 16.0 Å². The molecule has 0 bridgehead atoms. The minimum absolute atomic E-state index is 0. The van der Waals surface area contributed by atoms with E-state index in [4.69, 9.17) is 30.6 Å². The number of carbonyl (C=O) groups is 1. The van der Waals surface area contributed by atoms with Crippen molar-refractivity contribution in [2.75, 3.05) is 0 Å². The molecule has 0 saturated heterocycles. The summed E-state index contributed by atoms with van der Waals surface area (Å²) < 4.78 is 0. The Kier molecular flexibility index (Phi) is 49.8. The van der Waals surface area contributed by atoms with Gasteiger partial charge in [-0.05, 0) is 6.92 Å². The third-order valence-electron chi connectivity index (χ3n) is 0.498. The van der Waals surface area contributed by atoms with E-state index >= 15 is 0 Å². The number of carbonyl (C=O) groups excluding carboxylic acids is 1. The van der Waals surface area contributed by atoms with Crippen LogP contribution < -0.4 is 120 Å². The molecule has 0 heterocycles. The Morgan fingerprint density at radius 2 is 1.13 bits per heavy atom. The molecule has 0 rings (SSSR count). The molecule has 0 aliphatic carbocycles. The van der Waals surface area contributed by atoms with Gasteiger partial charge in [-0.15, -0.1) is 0 Å². The summed E-state index contributed by atoms with van der Waals surface area (Å²) in [7, 11) is 0. The molecule has 0 aliphatic rings. The number of Topliss-reactive ketones (excluding diaryl/α,β-unsaturated/α-hetero) is 1. The number of hydrogen-bond donors (Lipinski definition) is 0. The Hall–Kier alpha value is 1.76. The molecule has 0 N–H and O–H groups in total. The summed E-state index contributed by atoms with van der Waals surface area (Å²) in [5.41, 5.74) is 0. The van der Waals surface area contributed by atoms with Crippen LogP contribution >= 0.6 is 0 Å². The van der Waals surface area contributed by atoms with Gasteiger partial charge in [-0.25, -0.2) is 0 Å². The fourth-order valence-corrected chi connectivity index (χ4v) is 0. The zero-order chi connectivity index (χ0) is 11.4. The van der Waals surface area contributed by atoms with E-state index in [-0.39, 0.29) is 126 Å². The van der Waals surface area contributed by atoms with Crippen LogP contribution in [0.5, 0.6) is 0 Å². The van der Waals surface area contributed by atoms with Gasteiger partial charge in [0.2, 0.25) is 0 Å². The number of hydrogen-bond acceptors (Lipinski definition) is 7. The molecule has 15 heavy (non-hydrogen) atoms. The normalized spacial score (nSPS) is 5.73. The Morgan fingerprint density at radius 1 is 1.07 bits per heavy atom. The summed E-state index contributed by atoms with van der Waals surface area (Å²) in [6.07, 6.45) is 0.667. The van der Waals surface area contributed by atoms with Crippen molar-refractivity contribution in [1.82, 2.24) is 0 Å². The predicted octanol–water partition coefficient (Wildman–Crippen LogP) is -5.48. The Labute approximate surface area is 187 Å². The van der Waals surface area contributed by atoms with Crippen LogP contribution in [0, 0.1) is 30.6 Å². The molecule has 9 nitrogen and oxygen atoms in total. The van der Waals surface area contributed by atoms with Crippen molar-refractivity contribution in [2.24, 2.45) is 0 Å². The third kappa shape index (κ3) is 211. The molecule has 0 aliphatic heterocycles. The first-order valence-corrected chi connectivity index (χ1v) is 2.86. The van der Waals surface area contributed by atoms with Crippen molar-refractivity contribution in [2.45, 2.75) is 20.3 Å². The minimum Gasteiger partial charge on any atom is -0.356 e. The zero-order valence-corrected chi connectivity index (χ0v) is 18.4. The van der Waals surface area contributed by atoms with Gasteiger partial charge in [0.25, 0.3) is 0 Å². The first-order chi connectivity index (χ1) is 5.73. The van der Waals surface area contributed by atoms with Crippen LogP contribution in [0.2, 0.25) is 0 Å². The van der Waals surface area contributed by atoms with E-state index in [9.17, 15) is 4.79 Å². The molecule has 0 amide bonds. The van der Waals surface area contributed by atoms with Crippen molar-refractivity contribution in [1.29, 1.82) is 0 Å².